The van der Waals surface area contributed by atoms with Gasteiger partial charge in [-0.1, -0.05) is 12.1 Å². The van der Waals surface area contributed by atoms with E-state index in [9.17, 15) is 13.9 Å². The highest BCUT2D eigenvalue weighted by atomic mass is 19.1. The zero-order valence-corrected chi connectivity index (χ0v) is 12.4. The molecule has 2 aromatic carbocycles. The number of aryl methyl sites for hydroxylation is 2. The Morgan fingerprint density at radius 1 is 1.10 bits per heavy atom. The number of nitrogens with one attached hydrogen (secondary N) is 1. The highest BCUT2D eigenvalue weighted by Gasteiger charge is 2.12. The Hall–Kier alpha value is -1.94. The van der Waals surface area contributed by atoms with E-state index in [1.807, 2.05) is 6.92 Å². The van der Waals surface area contributed by atoms with Crippen LogP contribution in [0.25, 0.3) is 0 Å². The fourth-order valence-electron chi connectivity index (χ4n) is 2.39. The second kappa shape index (κ2) is 6.22. The van der Waals surface area contributed by atoms with E-state index in [1.54, 1.807) is 26.0 Å². The number of phenols is 1. The van der Waals surface area contributed by atoms with Crippen molar-refractivity contribution in [3.8, 4) is 5.75 Å². The van der Waals surface area contributed by atoms with Crippen LogP contribution in [0.1, 0.15) is 35.2 Å². The molecule has 112 valence electrons. The lowest BCUT2D eigenvalue weighted by molar-refractivity contribution is 0.449. The molecule has 0 amide bonds. The van der Waals surface area contributed by atoms with Crippen molar-refractivity contribution in [1.29, 1.82) is 0 Å². The third kappa shape index (κ3) is 3.58. The standard InChI is InChI=1S/C17H19F2NO/c1-10-6-13(7-11(2)17(10)19)9-20-12(3)15-8-14(18)4-5-16(15)21/h4-8,12,20-21H,9H2,1-3H3. The molecule has 0 spiro atoms. The maximum atomic E-state index is 13.6. The van der Waals surface area contributed by atoms with Crippen molar-refractivity contribution in [3.63, 3.8) is 0 Å². The normalized spacial score (nSPS) is 12.4. The molecule has 0 fully saturated rings. The van der Waals surface area contributed by atoms with Crippen LogP contribution in [-0.4, -0.2) is 5.11 Å². The van der Waals surface area contributed by atoms with Crippen LogP contribution in [0.3, 0.4) is 0 Å². The van der Waals surface area contributed by atoms with Gasteiger partial charge in [0, 0.05) is 18.2 Å². The van der Waals surface area contributed by atoms with Crippen LogP contribution in [0.5, 0.6) is 5.75 Å². The molecule has 0 heterocycles. The molecule has 2 nitrogen and oxygen atoms in total. The van der Waals surface area contributed by atoms with E-state index in [2.05, 4.69) is 5.32 Å². The van der Waals surface area contributed by atoms with Crippen LogP contribution >= 0.6 is 0 Å². The zero-order chi connectivity index (χ0) is 15.6. The molecule has 1 atom stereocenters. The number of aromatic hydroxyl groups is 1. The number of rotatable bonds is 4. The topological polar surface area (TPSA) is 32.3 Å². The number of benzene rings is 2. The molecule has 4 heteroatoms. The molecule has 0 saturated carbocycles. The van der Waals surface area contributed by atoms with Crippen LogP contribution in [0.2, 0.25) is 0 Å². The van der Waals surface area contributed by atoms with Gasteiger partial charge in [0.05, 0.1) is 0 Å². The van der Waals surface area contributed by atoms with Crippen molar-refractivity contribution in [2.24, 2.45) is 0 Å². The highest BCUT2D eigenvalue weighted by molar-refractivity contribution is 5.35. The summed E-state index contributed by atoms with van der Waals surface area (Å²) in [6.07, 6.45) is 0. The maximum Gasteiger partial charge on any atom is 0.129 e. The SMILES string of the molecule is Cc1cc(CNC(C)c2cc(F)ccc2O)cc(C)c1F. The summed E-state index contributed by atoms with van der Waals surface area (Å²) in [5.41, 5.74) is 2.67. The fraction of sp³-hybridized carbons (Fsp3) is 0.294. The van der Waals surface area contributed by atoms with Gasteiger partial charge in [-0.15, -0.1) is 0 Å². The third-order valence-corrected chi connectivity index (χ3v) is 3.56. The molecule has 2 N–H and O–H groups in total. The molecule has 0 aromatic heterocycles. The first-order valence-corrected chi connectivity index (χ1v) is 6.86. The molecule has 21 heavy (non-hydrogen) atoms. The van der Waals surface area contributed by atoms with Gasteiger partial charge in [-0.05, 0) is 55.7 Å². The minimum Gasteiger partial charge on any atom is -0.508 e. The summed E-state index contributed by atoms with van der Waals surface area (Å²) in [5, 5.41) is 13.0. The monoisotopic (exact) mass is 291 g/mol. The number of hydrogen-bond acceptors (Lipinski definition) is 2. The van der Waals surface area contributed by atoms with Crippen LogP contribution in [0.4, 0.5) is 8.78 Å². The van der Waals surface area contributed by atoms with Crippen molar-refractivity contribution in [2.75, 3.05) is 0 Å². The minimum atomic E-state index is -0.384. The molecule has 2 aromatic rings. The summed E-state index contributed by atoms with van der Waals surface area (Å²) < 4.78 is 26.8. The molecule has 0 bridgehead atoms. The zero-order valence-electron chi connectivity index (χ0n) is 12.4. The molecule has 1 unspecified atom stereocenters. The Morgan fingerprint density at radius 2 is 1.71 bits per heavy atom. The van der Waals surface area contributed by atoms with Gasteiger partial charge >= 0.3 is 0 Å². The van der Waals surface area contributed by atoms with Gasteiger partial charge in [-0.3, -0.25) is 0 Å². The van der Waals surface area contributed by atoms with Crippen molar-refractivity contribution < 1.29 is 13.9 Å². The molecule has 0 aliphatic rings. The van der Waals surface area contributed by atoms with E-state index in [4.69, 9.17) is 0 Å². The minimum absolute atomic E-state index is 0.0582. The first-order chi connectivity index (χ1) is 9.88. The predicted octanol–water partition coefficient (Wildman–Crippen LogP) is 4.14. The molecular weight excluding hydrogens is 272 g/mol. The summed E-state index contributed by atoms with van der Waals surface area (Å²) in [7, 11) is 0. The first-order valence-electron chi connectivity index (χ1n) is 6.86. The van der Waals surface area contributed by atoms with E-state index < -0.39 is 0 Å². The molecule has 0 aliphatic heterocycles. The van der Waals surface area contributed by atoms with Crippen molar-refractivity contribution in [2.45, 2.75) is 33.4 Å². The van der Waals surface area contributed by atoms with Crippen LogP contribution < -0.4 is 5.32 Å². The van der Waals surface area contributed by atoms with E-state index in [-0.39, 0.29) is 23.4 Å². The van der Waals surface area contributed by atoms with Crippen molar-refractivity contribution in [3.05, 3.63) is 64.2 Å². The lowest BCUT2D eigenvalue weighted by atomic mass is 10.0. The maximum absolute atomic E-state index is 13.6. The lowest BCUT2D eigenvalue weighted by Gasteiger charge is -2.16. The Morgan fingerprint density at radius 3 is 2.33 bits per heavy atom. The summed E-state index contributed by atoms with van der Waals surface area (Å²) >= 11 is 0. The van der Waals surface area contributed by atoms with Gasteiger partial charge in [-0.25, -0.2) is 8.78 Å². The Balaban J connectivity index is 2.11. The van der Waals surface area contributed by atoms with Crippen molar-refractivity contribution in [1.82, 2.24) is 5.32 Å². The second-order valence-corrected chi connectivity index (χ2v) is 5.35. The molecular formula is C17H19F2NO. The third-order valence-electron chi connectivity index (χ3n) is 3.56. The molecule has 0 saturated heterocycles. The van der Waals surface area contributed by atoms with Gasteiger partial charge < -0.3 is 10.4 Å². The average molecular weight is 291 g/mol. The highest BCUT2D eigenvalue weighted by Crippen LogP contribution is 2.25. The van der Waals surface area contributed by atoms with E-state index in [0.717, 1.165) is 5.56 Å². The van der Waals surface area contributed by atoms with Crippen LogP contribution in [0.15, 0.2) is 30.3 Å². The quantitative estimate of drug-likeness (QED) is 0.887. The molecule has 0 aliphatic carbocycles. The Bertz CT molecular complexity index is 632. The van der Waals surface area contributed by atoms with Gasteiger partial charge in [0.2, 0.25) is 0 Å². The summed E-state index contributed by atoms with van der Waals surface area (Å²) in [6.45, 7) is 5.82. The number of hydrogen-bond donors (Lipinski definition) is 2. The van der Waals surface area contributed by atoms with Gasteiger partial charge in [-0.2, -0.15) is 0 Å². The van der Waals surface area contributed by atoms with Crippen LogP contribution in [-0.2, 0) is 6.54 Å². The summed E-state index contributed by atoms with van der Waals surface area (Å²) in [5.74, 6) is -0.512. The number of halogens is 2. The van der Waals surface area contributed by atoms with E-state index >= 15 is 0 Å². The van der Waals surface area contributed by atoms with E-state index in [0.29, 0.717) is 23.2 Å². The molecule has 0 radical (unpaired) electrons. The molecule has 2 rings (SSSR count). The van der Waals surface area contributed by atoms with E-state index in [1.165, 1.54) is 18.2 Å². The average Bonchev–Trinajstić information content (AvgIpc) is 2.44. The smallest absolute Gasteiger partial charge is 0.129 e. The van der Waals surface area contributed by atoms with Crippen LogP contribution in [0, 0.1) is 25.5 Å². The van der Waals surface area contributed by atoms with Gasteiger partial charge in [0.25, 0.3) is 0 Å². The van der Waals surface area contributed by atoms with Crippen molar-refractivity contribution >= 4 is 0 Å². The largest absolute Gasteiger partial charge is 0.508 e. The second-order valence-electron chi connectivity index (χ2n) is 5.35. The summed E-state index contributed by atoms with van der Waals surface area (Å²) in [6, 6.07) is 7.23. The number of phenolic OH excluding ortho intramolecular Hbond substituents is 1. The van der Waals surface area contributed by atoms with Gasteiger partial charge in [0.1, 0.15) is 17.4 Å². The fourth-order valence-corrected chi connectivity index (χ4v) is 2.39. The lowest BCUT2D eigenvalue weighted by Crippen LogP contribution is -2.18. The Kier molecular flexibility index (Phi) is 4.58. The predicted molar refractivity (Wildman–Crippen MR) is 79.2 cm³/mol. The summed E-state index contributed by atoms with van der Waals surface area (Å²) in [4.78, 5) is 0. The first kappa shape index (κ1) is 15.4. The van der Waals surface area contributed by atoms with Gasteiger partial charge in [0.15, 0.2) is 0 Å². The Labute approximate surface area is 123 Å².